The predicted molar refractivity (Wildman–Crippen MR) is 110 cm³/mol. The van der Waals surface area contributed by atoms with E-state index >= 15 is 0 Å². The molecule has 148 valence electrons. The van der Waals surface area contributed by atoms with Gasteiger partial charge in [0, 0.05) is 37.9 Å². The maximum absolute atomic E-state index is 12.4. The second-order valence-corrected chi connectivity index (χ2v) is 7.37. The number of aromatic nitrogens is 1. The Kier molecular flexibility index (Phi) is 5.34. The van der Waals surface area contributed by atoms with Gasteiger partial charge in [-0.3, -0.25) is 4.79 Å². The summed E-state index contributed by atoms with van der Waals surface area (Å²) in [6, 6.07) is 9.38. The van der Waals surface area contributed by atoms with Gasteiger partial charge < -0.3 is 24.8 Å². The number of rotatable bonds is 3. The van der Waals surface area contributed by atoms with Gasteiger partial charge in [0.05, 0.1) is 13.2 Å². The third-order valence-corrected chi connectivity index (χ3v) is 5.37. The second kappa shape index (κ2) is 8.06. The number of anilines is 2. The lowest BCUT2D eigenvalue weighted by atomic mass is 10.0. The normalized spacial score (nSPS) is 17.0. The van der Waals surface area contributed by atoms with E-state index in [0.29, 0.717) is 13.2 Å². The number of morpholine rings is 1. The van der Waals surface area contributed by atoms with E-state index in [2.05, 4.69) is 15.2 Å². The minimum Gasteiger partial charge on any atom is -0.378 e. The minimum atomic E-state index is -0.134. The number of carbonyl (C=O) groups excluding carboxylic acids is 1. The number of aryl methyl sites for hydroxylation is 1. The van der Waals surface area contributed by atoms with Gasteiger partial charge in [-0.25, -0.2) is 4.79 Å². The van der Waals surface area contributed by atoms with Crippen LogP contribution in [0.4, 0.5) is 16.3 Å². The number of pyridine rings is 1. The van der Waals surface area contributed by atoms with Gasteiger partial charge in [0.15, 0.2) is 0 Å². The zero-order chi connectivity index (χ0) is 19.5. The molecule has 2 fully saturated rings. The van der Waals surface area contributed by atoms with Crippen LogP contribution in [0, 0.1) is 6.92 Å². The van der Waals surface area contributed by atoms with Crippen LogP contribution in [0.25, 0.3) is 11.1 Å². The number of carbonyl (C=O) groups is 1. The number of aromatic amines is 1. The largest absolute Gasteiger partial charge is 0.378 e. The van der Waals surface area contributed by atoms with Crippen LogP contribution in [0.5, 0.6) is 0 Å². The highest BCUT2D eigenvalue weighted by Gasteiger charge is 2.18. The number of nitrogens with zero attached hydrogens (tertiary/aromatic N) is 2. The smallest absolute Gasteiger partial charge is 0.321 e. The van der Waals surface area contributed by atoms with Gasteiger partial charge in [-0.2, -0.15) is 0 Å². The van der Waals surface area contributed by atoms with E-state index in [0.717, 1.165) is 67.2 Å². The number of amides is 2. The lowest BCUT2D eigenvalue weighted by Gasteiger charge is -2.28. The summed E-state index contributed by atoms with van der Waals surface area (Å²) in [4.78, 5) is 31.6. The van der Waals surface area contributed by atoms with Crippen LogP contribution in [0.15, 0.2) is 35.1 Å². The van der Waals surface area contributed by atoms with Crippen molar-refractivity contribution in [3.63, 3.8) is 0 Å². The number of benzene rings is 1. The molecule has 2 aromatic rings. The standard InChI is InChI=1S/C21H26N4O3/c1-15-4-5-17(22-21(27)25-6-2-3-7-25)14-18(15)16-12-19(23-20(26)13-16)24-8-10-28-11-9-24/h4-5,12-14H,2-3,6-11H2,1H3,(H,22,27)(H,23,26). The highest BCUT2D eigenvalue weighted by Crippen LogP contribution is 2.28. The van der Waals surface area contributed by atoms with Crippen LogP contribution in [-0.2, 0) is 4.74 Å². The van der Waals surface area contributed by atoms with E-state index in [-0.39, 0.29) is 11.6 Å². The molecule has 28 heavy (non-hydrogen) atoms. The Morgan fingerprint density at radius 2 is 1.82 bits per heavy atom. The summed E-state index contributed by atoms with van der Waals surface area (Å²) in [5.74, 6) is 0.803. The van der Waals surface area contributed by atoms with Crippen molar-refractivity contribution < 1.29 is 9.53 Å². The van der Waals surface area contributed by atoms with Crippen molar-refractivity contribution >= 4 is 17.5 Å². The molecule has 1 aromatic carbocycles. The highest BCUT2D eigenvalue weighted by molar-refractivity contribution is 5.90. The van der Waals surface area contributed by atoms with Crippen LogP contribution < -0.4 is 15.8 Å². The van der Waals surface area contributed by atoms with Crippen molar-refractivity contribution in [1.29, 1.82) is 0 Å². The van der Waals surface area contributed by atoms with Crippen LogP contribution in [0.3, 0.4) is 0 Å². The lowest BCUT2D eigenvalue weighted by molar-refractivity contribution is 0.122. The molecule has 2 aliphatic heterocycles. The number of H-pyrrole nitrogens is 1. The van der Waals surface area contributed by atoms with E-state index in [1.165, 1.54) is 0 Å². The van der Waals surface area contributed by atoms with Crippen molar-refractivity contribution in [2.45, 2.75) is 19.8 Å². The maximum atomic E-state index is 12.4. The van der Waals surface area contributed by atoms with Crippen molar-refractivity contribution in [3.05, 3.63) is 46.2 Å². The van der Waals surface area contributed by atoms with Gasteiger partial charge in [-0.15, -0.1) is 0 Å². The molecule has 7 heteroatoms. The fraction of sp³-hybridized carbons (Fsp3) is 0.429. The number of nitrogens with one attached hydrogen (secondary N) is 2. The van der Waals surface area contributed by atoms with Gasteiger partial charge in [0.2, 0.25) is 5.56 Å². The molecule has 2 aliphatic rings. The van der Waals surface area contributed by atoms with Crippen LogP contribution in [-0.4, -0.2) is 55.3 Å². The summed E-state index contributed by atoms with van der Waals surface area (Å²) >= 11 is 0. The van der Waals surface area contributed by atoms with Crippen molar-refractivity contribution in [2.75, 3.05) is 49.6 Å². The van der Waals surface area contributed by atoms with E-state index in [4.69, 9.17) is 4.74 Å². The average molecular weight is 382 g/mol. The third kappa shape index (κ3) is 4.04. The Morgan fingerprint density at radius 3 is 2.57 bits per heavy atom. The lowest BCUT2D eigenvalue weighted by Crippen LogP contribution is -2.37. The molecule has 1 aromatic heterocycles. The van der Waals surface area contributed by atoms with E-state index in [1.807, 2.05) is 36.1 Å². The topological polar surface area (TPSA) is 77.7 Å². The predicted octanol–water partition coefficient (Wildman–Crippen LogP) is 2.81. The molecule has 0 radical (unpaired) electrons. The zero-order valence-electron chi connectivity index (χ0n) is 16.2. The summed E-state index contributed by atoms with van der Waals surface area (Å²) in [5.41, 5.74) is 3.45. The Balaban J connectivity index is 1.62. The number of hydrogen-bond donors (Lipinski definition) is 2. The number of ether oxygens (including phenoxy) is 1. The molecular formula is C21H26N4O3. The van der Waals surface area contributed by atoms with Crippen LogP contribution >= 0.6 is 0 Å². The summed E-state index contributed by atoms with van der Waals surface area (Å²) in [6.07, 6.45) is 2.12. The molecule has 2 N–H and O–H groups in total. The van der Waals surface area contributed by atoms with Crippen molar-refractivity contribution in [2.24, 2.45) is 0 Å². The monoisotopic (exact) mass is 382 g/mol. The summed E-state index contributed by atoms with van der Waals surface area (Å²) in [5, 5.41) is 2.99. The first-order valence-electron chi connectivity index (χ1n) is 9.84. The summed E-state index contributed by atoms with van der Waals surface area (Å²) in [6.45, 7) is 6.45. The van der Waals surface area contributed by atoms with Gasteiger partial charge >= 0.3 is 6.03 Å². The Bertz CT molecular complexity index is 912. The molecule has 0 atom stereocenters. The molecule has 7 nitrogen and oxygen atoms in total. The van der Waals surface area contributed by atoms with Gasteiger partial charge in [-0.05, 0) is 54.7 Å². The van der Waals surface area contributed by atoms with Crippen molar-refractivity contribution in [1.82, 2.24) is 9.88 Å². The average Bonchev–Trinajstić information content (AvgIpc) is 3.25. The zero-order valence-corrected chi connectivity index (χ0v) is 16.2. The first-order valence-corrected chi connectivity index (χ1v) is 9.84. The fourth-order valence-electron chi connectivity index (χ4n) is 3.79. The molecule has 0 aliphatic carbocycles. The molecule has 0 bridgehead atoms. The van der Waals surface area contributed by atoms with Crippen LogP contribution in [0.2, 0.25) is 0 Å². The Hall–Kier alpha value is -2.80. The Morgan fingerprint density at radius 1 is 1.07 bits per heavy atom. The SMILES string of the molecule is Cc1ccc(NC(=O)N2CCCC2)cc1-c1cc(N2CCOCC2)[nH]c(=O)c1. The van der Waals surface area contributed by atoms with E-state index < -0.39 is 0 Å². The first kappa shape index (κ1) is 18.6. The molecular weight excluding hydrogens is 356 g/mol. The molecule has 0 unspecified atom stereocenters. The Labute approximate surface area is 164 Å². The minimum absolute atomic E-state index is 0.0628. The summed E-state index contributed by atoms with van der Waals surface area (Å²) < 4.78 is 5.40. The highest BCUT2D eigenvalue weighted by atomic mass is 16.5. The third-order valence-electron chi connectivity index (χ3n) is 5.37. The summed E-state index contributed by atoms with van der Waals surface area (Å²) in [7, 11) is 0. The first-order chi connectivity index (χ1) is 13.6. The maximum Gasteiger partial charge on any atom is 0.321 e. The van der Waals surface area contributed by atoms with Gasteiger partial charge in [0.1, 0.15) is 5.82 Å². The number of urea groups is 1. The molecule has 0 saturated carbocycles. The van der Waals surface area contributed by atoms with E-state index in [1.54, 1.807) is 6.07 Å². The second-order valence-electron chi connectivity index (χ2n) is 7.37. The van der Waals surface area contributed by atoms with E-state index in [9.17, 15) is 9.59 Å². The van der Waals surface area contributed by atoms with Gasteiger partial charge in [-0.1, -0.05) is 6.07 Å². The quantitative estimate of drug-likeness (QED) is 0.856. The molecule has 0 spiro atoms. The van der Waals surface area contributed by atoms with Crippen molar-refractivity contribution in [3.8, 4) is 11.1 Å². The molecule has 2 saturated heterocycles. The van der Waals surface area contributed by atoms with Gasteiger partial charge in [0.25, 0.3) is 0 Å². The molecule has 4 rings (SSSR count). The number of likely N-dealkylation sites (tertiary alicyclic amines) is 1. The fourth-order valence-corrected chi connectivity index (χ4v) is 3.79. The molecule has 2 amide bonds. The van der Waals surface area contributed by atoms with Crippen LogP contribution in [0.1, 0.15) is 18.4 Å². The number of hydrogen-bond acceptors (Lipinski definition) is 4. The molecule has 3 heterocycles.